The molecule has 0 aromatic heterocycles. The molecule has 1 aliphatic heterocycles. The van der Waals surface area contributed by atoms with E-state index in [9.17, 15) is 0 Å². The van der Waals surface area contributed by atoms with Crippen molar-refractivity contribution >= 4 is 5.69 Å². The monoisotopic (exact) mass is 202 g/mol. The molecule has 1 spiro atoms. The summed E-state index contributed by atoms with van der Waals surface area (Å²) >= 11 is 0. The highest BCUT2D eigenvalue weighted by atomic mass is 15.2. The molecule has 80 valence electrons. The number of hydrogen-bond donors (Lipinski definition) is 1. The average Bonchev–Trinajstić information content (AvgIpc) is 2.94. The third kappa shape index (κ3) is 1.36. The molecule has 0 atom stereocenters. The lowest BCUT2D eigenvalue weighted by atomic mass is 9.94. The number of rotatable bonds is 2. The largest absolute Gasteiger partial charge is 0.370 e. The molecule has 2 N–H and O–H groups in total. The van der Waals surface area contributed by atoms with E-state index in [4.69, 9.17) is 5.73 Å². The zero-order valence-electron chi connectivity index (χ0n) is 9.29. The first-order chi connectivity index (χ1) is 7.24. The van der Waals surface area contributed by atoms with Gasteiger partial charge in [0.2, 0.25) is 0 Å². The van der Waals surface area contributed by atoms with Crippen LogP contribution in [0, 0.1) is 12.3 Å². The van der Waals surface area contributed by atoms with E-state index in [1.54, 1.807) is 0 Å². The molecule has 0 amide bonds. The normalized spacial score (nSPS) is 21.6. The predicted molar refractivity (Wildman–Crippen MR) is 63.0 cm³/mol. The van der Waals surface area contributed by atoms with Crippen LogP contribution in [0.15, 0.2) is 18.2 Å². The predicted octanol–water partition coefficient (Wildman–Crippen LogP) is 2.05. The molecular weight excluding hydrogens is 184 g/mol. The molecule has 0 radical (unpaired) electrons. The van der Waals surface area contributed by atoms with Gasteiger partial charge in [-0.3, -0.25) is 0 Å². The van der Waals surface area contributed by atoms with Crippen molar-refractivity contribution in [3.8, 4) is 0 Å². The number of nitrogens with two attached hydrogens (primary N) is 1. The van der Waals surface area contributed by atoms with Gasteiger partial charge in [0.05, 0.1) is 0 Å². The molecule has 0 unspecified atom stereocenters. The number of benzene rings is 1. The Balaban J connectivity index is 1.88. The smallest absolute Gasteiger partial charge is 0.0414 e. The second-order valence-corrected chi connectivity index (χ2v) is 5.13. The fraction of sp³-hybridized carbons (Fsp3) is 0.538. The molecule has 1 saturated carbocycles. The molecule has 1 aliphatic carbocycles. The lowest BCUT2D eigenvalue weighted by Gasteiger charge is -2.43. The summed E-state index contributed by atoms with van der Waals surface area (Å²) in [4.78, 5) is 2.49. The van der Waals surface area contributed by atoms with Crippen LogP contribution in [0.2, 0.25) is 0 Å². The van der Waals surface area contributed by atoms with Gasteiger partial charge < -0.3 is 10.6 Å². The van der Waals surface area contributed by atoms with E-state index >= 15 is 0 Å². The lowest BCUT2D eigenvalue weighted by molar-refractivity contribution is 0.386. The van der Waals surface area contributed by atoms with E-state index in [0.29, 0.717) is 6.54 Å². The van der Waals surface area contributed by atoms with E-state index in [0.717, 1.165) is 5.41 Å². The molecule has 15 heavy (non-hydrogen) atoms. The lowest BCUT2D eigenvalue weighted by Crippen LogP contribution is -2.49. The van der Waals surface area contributed by atoms with Crippen LogP contribution in [-0.4, -0.2) is 13.1 Å². The Morgan fingerprint density at radius 3 is 2.67 bits per heavy atom. The fourth-order valence-corrected chi connectivity index (χ4v) is 2.68. The van der Waals surface area contributed by atoms with Gasteiger partial charge in [-0.25, -0.2) is 0 Å². The fourth-order valence-electron chi connectivity index (χ4n) is 2.68. The van der Waals surface area contributed by atoms with Crippen LogP contribution in [0.4, 0.5) is 5.69 Å². The van der Waals surface area contributed by atoms with Crippen molar-refractivity contribution in [3.63, 3.8) is 0 Å². The van der Waals surface area contributed by atoms with Crippen molar-refractivity contribution in [2.45, 2.75) is 26.3 Å². The van der Waals surface area contributed by atoms with Gasteiger partial charge in [0, 0.05) is 30.7 Å². The van der Waals surface area contributed by atoms with Crippen LogP contribution in [0.1, 0.15) is 24.0 Å². The quantitative estimate of drug-likeness (QED) is 0.795. The minimum absolute atomic E-state index is 0.658. The van der Waals surface area contributed by atoms with Crippen LogP contribution in [0.25, 0.3) is 0 Å². The molecule has 2 aliphatic rings. The van der Waals surface area contributed by atoms with Gasteiger partial charge >= 0.3 is 0 Å². The van der Waals surface area contributed by atoms with Gasteiger partial charge in [0.1, 0.15) is 0 Å². The topological polar surface area (TPSA) is 29.3 Å². The number of hydrogen-bond acceptors (Lipinski definition) is 2. The Kier molecular flexibility index (Phi) is 1.84. The van der Waals surface area contributed by atoms with Crippen molar-refractivity contribution in [1.82, 2.24) is 0 Å². The van der Waals surface area contributed by atoms with Crippen LogP contribution in [0.3, 0.4) is 0 Å². The maximum Gasteiger partial charge on any atom is 0.0414 e. The van der Waals surface area contributed by atoms with E-state index in [1.807, 2.05) is 0 Å². The Bertz CT molecular complexity index is 386. The van der Waals surface area contributed by atoms with Gasteiger partial charge in [0.15, 0.2) is 0 Å². The van der Waals surface area contributed by atoms with Gasteiger partial charge in [-0.15, -0.1) is 0 Å². The highest BCUT2D eigenvalue weighted by Gasteiger charge is 2.52. The first-order valence-electron chi connectivity index (χ1n) is 5.78. The SMILES string of the molecule is Cc1cccc(N2CC3(CC3)C2)c1CN. The summed E-state index contributed by atoms with van der Waals surface area (Å²) in [7, 11) is 0. The first-order valence-corrected chi connectivity index (χ1v) is 5.78. The molecule has 1 saturated heterocycles. The summed E-state index contributed by atoms with van der Waals surface area (Å²) < 4.78 is 0. The summed E-state index contributed by atoms with van der Waals surface area (Å²) in [5.74, 6) is 0. The molecule has 1 aromatic rings. The second-order valence-electron chi connectivity index (χ2n) is 5.13. The summed E-state index contributed by atoms with van der Waals surface area (Å²) in [6.45, 7) is 5.32. The molecule has 1 aromatic carbocycles. The number of aryl methyl sites for hydroxylation is 1. The third-order valence-electron chi connectivity index (χ3n) is 3.94. The molecule has 2 nitrogen and oxygen atoms in total. The van der Waals surface area contributed by atoms with Gasteiger partial charge in [-0.1, -0.05) is 12.1 Å². The summed E-state index contributed by atoms with van der Waals surface area (Å²) in [5, 5.41) is 0. The van der Waals surface area contributed by atoms with Gasteiger partial charge in [-0.05, 0) is 37.0 Å². The van der Waals surface area contributed by atoms with Crippen LogP contribution in [0.5, 0.6) is 0 Å². The molecule has 2 fully saturated rings. The van der Waals surface area contributed by atoms with Crippen LogP contribution < -0.4 is 10.6 Å². The summed E-state index contributed by atoms with van der Waals surface area (Å²) in [6, 6.07) is 6.50. The highest BCUT2D eigenvalue weighted by molar-refractivity contribution is 5.59. The second kappa shape index (κ2) is 2.99. The van der Waals surface area contributed by atoms with Crippen molar-refractivity contribution in [3.05, 3.63) is 29.3 Å². The summed E-state index contributed by atoms with van der Waals surface area (Å²) in [5.41, 5.74) is 10.6. The Morgan fingerprint density at radius 1 is 1.33 bits per heavy atom. The molecule has 3 rings (SSSR count). The van der Waals surface area contributed by atoms with E-state index in [2.05, 4.69) is 30.0 Å². The Hall–Kier alpha value is -1.02. The van der Waals surface area contributed by atoms with Crippen LogP contribution >= 0.6 is 0 Å². The Labute approximate surface area is 91.1 Å². The molecule has 1 heterocycles. The minimum Gasteiger partial charge on any atom is -0.370 e. The zero-order valence-corrected chi connectivity index (χ0v) is 9.29. The zero-order chi connectivity index (χ0) is 10.5. The standard InChI is InChI=1S/C13H18N2/c1-10-3-2-4-12(11(10)7-14)15-8-13(9-15)5-6-13/h2-4H,5-9,14H2,1H3. The average molecular weight is 202 g/mol. The maximum atomic E-state index is 5.82. The van der Waals surface area contributed by atoms with Crippen molar-refractivity contribution in [1.29, 1.82) is 0 Å². The molecular formula is C13H18N2. The molecule has 0 bridgehead atoms. The van der Waals surface area contributed by atoms with E-state index in [-0.39, 0.29) is 0 Å². The van der Waals surface area contributed by atoms with Crippen molar-refractivity contribution in [2.75, 3.05) is 18.0 Å². The number of nitrogens with zero attached hydrogens (tertiary/aromatic N) is 1. The number of anilines is 1. The maximum absolute atomic E-state index is 5.82. The van der Waals surface area contributed by atoms with E-state index in [1.165, 1.54) is 42.7 Å². The van der Waals surface area contributed by atoms with Gasteiger partial charge in [0.25, 0.3) is 0 Å². The highest BCUT2D eigenvalue weighted by Crippen LogP contribution is 2.54. The van der Waals surface area contributed by atoms with Crippen molar-refractivity contribution in [2.24, 2.45) is 11.1 Å². The van der Waals surface area contributed by atoms with E-state index < -0.39 is 0 Å². The molecule has 2 heteroatoms. The van der Waals surface area contributed by atoms with Crippen LogP contribution in [-0.2, 0) is 6.54 Å². The first kappa shape index (κ1) is 9.22. The third-order valence-corrected chi connectivity index (χ3v) is 3.94. The van der Waals surface area contributed by atoms with Crippen molar-refractivity contribution < 1.29 is 0 Å². The Morgan fingerprint density at radius 2 is 2.07 bits per heavy atom. The van der Waals surface area contributed by atoms with Gasteiger partial charge in [-0.2, -0.15) is 0 Å². The summed E-state index contributed by atoms with van der Waals surface area (Å²) in [6.07, 6.45) is 2.88. The minimum atomic E-state index is 0.658.